The SMILES string of the molecule is CNC(=O)[C@H](Cc1ccc2ccccc2c1)NC(=O)[C@H](CCCc1cn(C(c2ccccc2)(c2ccccc2)c2ccccc2)cn1)NC(=O)[C@@H](Cc1ccccc1)NC(=O)CCc1ccccc1. The van der Waals surface area contributed by atoms with Gasteiger partial charge in [0.2, 0.25) is 23.6 Å². The molecule has 3 atom stereocenters. The van der Waals surface area contributed by atoms with Crippen LogP contribution >= 0.6 is 0 Å². The van der Waals surface area contributed by atoms with Crippen molar-refractivity contribution in [3.8, 4) is 0 Å². The number of nitrogens with one attached hydrogen (secondary N) is 4. The molecule has 0 unspecified atom stereocenters. The highest BCUT2D eigenvalue weighted by Gasteiger charge is 2.38. The largest absolute Gasteiger partial charge is 0.357 e. The molecule has 1 aromatic heterocycles. The highest BCUT2D eigenvalue weighted by atomic mass is 16.2. The fraction of sp³-hybridized carbons (Fsp3) is 0.203. The quantitative estimate of drug-likeness (QED) is 0.0537. The van der Waals surface area contributed by atoms with Gasteiger partial charge < -0.3 is 25.8 Å². The van der Waals surface area contributed by atoms with Gasteiger partial charge in [0, 0.05) is 32.5 Å². The smallest absolute Gasteiger partial charge is 0.243 e. The Hall–Kier alpha value is -8.11. The van der Waals surface area contributed by atoms with E-state index < -0.39 is 35.5 Å². The van der Waals surface area contributed by atoms with Crippen molar-refractivity contribution in [1.82, 2.24) is 30.8 Å². The maximum Gasteiger partial charge on any atom is 0.243 e. The first-order chi connectivity index (χ1) is 33.8. The van der Waals surface area contributed by atoms with Crippen molar-refractivity contribution < 1.29 is 19.2 Å². The summed E-state index contributed by atoms with van der Waals surface area (Å²) < 4.78 is 2.16. The fourth-order valence-electron chi connectivity index (χ4n) is 9.18. The van der Waals surface area contributed by atoms with E-state index in [1.54, 1.807) is 0 Å². The first-order valence-corrected chi connectivity index (χ1v) is 23.7. The van der Waals surface area contributed by atoms with Crippen molar-refractivity contribution in [3.63, 3.8) is 0 Å². The van der Waals surface area contributed by atoms with Crippen LogP contribution in [-0.2, 0) is 50.4 Å². The zero-order valence-electron chi connectivity index (χ0n) is 38.8. The zero-order chi connectivity index (χ0) is 47.8. The maximum atomic E-state index is 14.6. The number of carbonyl (C=O) groups is 4. The number of imidazole rings is 1. The van der Waals surface area contributed by atoms with Crippen LogP contribution in [0.4, 0.5) is 0 Å². The van der Waals surface area contributed by atoms with E-state index in [9.17, 15) is 19.2 Å². The summed E-state index contributed by atoms with van der Waals surface area (Å²) in [5.41, 5.74) is 6.00. The Balaban J connectivity index is 1.06. The number of amides is 4. The lowest BCUT2D eigenvalue weighted by Crippen LogP contribution is -2.57. The minimum atomic E-state index is -1.06. The summed E-state index contributed by atoms with van der Waals surface area (Å²) in [4.78, 5) is 61.0. The molecule has 8 aromatic rings. The van der Waals surface area contributed by atoms with Gasteiger partial charge in [-0.25, -0.2) is 4.98 Å². The molecule has 348 valence electrons. The number of hydrogen-bond donors (Lipinski definition) is 4. The minimum absolute atomic E-state index is 0.182. The molecule has 0 bridgehead atoms. The highest BCUT2D eigenvalue weighted by Crippen LogP contribution is 2.41. The normalized spacial score (nSPS) is 12.6. The van der Waals surface area contributed by atoms with Gasteiger partial charge in [0.1, 0.15) is 23.7 Å². The van der Waals surface area contributed by atoms with Crippen LogP contribution in [0, 0.1) is 0 Å². The molecule has 10 nitrogen and oxygen atoms in total. The first kappa shape index (κ1) is 47.4. The molecule has 4 amide bonds. The molecule has 69 heavy (non-hydrogen) atoms. The Bertz CT molecular complexity index is 2830. The lowest BCUT2D eigenvalue weighted by atomic mass is 9.77. The van der Waals surface area contributed by atoms with Gasteiger partial charge in [-0.3, -0.25) is 19.2 Å². The monoisotopic (exact) mass is 914 g/mol. The number of benzene rings is 7. The van der Waals surface area contributed by atoms with Gasteiger partial charge in [0.05, 0.1) is 12.0 Å². The second kappa shape index (κ2) is 23.1. The van der Waals surface area contributed by atoms with Crippen LogP contribution in [0.25, 0.3) is 10.8 Å². The van der Waals surface area contributed by atoms with E-state index in [-0.39, 0.29) is 37.5 Å². The Morgan fingerprint density at radius 3 is 1.59 bits per heavy atom. The van der Waals surface area contributed by atoms with Crippen molar-refractivity contribution in [2.24, 2.45) is 0 Å². The molecule has 0 saturated carbocycles. The summed E-state index contributed by atoms with van der Waals surface area (Å²) in [6, 6.07) is 61.3. The van der Waals surface area contributed by atoms with Gasteiger partial charge >= 0.3 is 0 Å². The lowest BCUT2D eigenvalue weighted by Gasteiger charge is -2.37. The van der Waals surface area contributed by atoms with E-state index >= 15 is 0 Å². The second-order valence-corrected chi connectivity index (χ2v) is 17.4. The molecule has 0 aliphatic carbocycles. The second-order valence-electron chi connectivity index (χ2n) is 17.4. The summed E-state index contributed by atoms with van der Waals surface area (Å²) >= 11 is 0. The van der Waals surface area contributed by atoms with Gasteiger partial charge in [-0.1, -0.05) is 194 Å². The van der Waals surface area contributed by atoms with Crippen LogP contribution in [0.1, 0.15) is 58.3 Å². The zero-order valence-corrected chi connectivity index (χ0v) is 38.8. The van der Waals surface area contributed by atoms with Crippen molar-refractivity contribution in [2.45, 2.75) is 68.6 Å². The van der Waals surface area contributed by atoms with E-state index in [0.29, 0.717) is 19.3 Å². The van der Waals surface area contributed by atoms with E-state index in [4.69, 9.17) is 4.98 Å². The van der Waals surface area contributed by atoms with Crippen LogP contribution < -0.4 is 21.3 Å². The Labute approximate surface area is 404 Å². The molecule has 0 aliphatic heterocycles. The number of nitrogens with zero attached hydrogens (tertiary/aromatic N) is 2. The third kappa shape index (κ3) is 11.9. The summed E-state index contributed by atoms with van der Waals surface area (Å²) in [6.07, 6.45) is 6.24. The maximum absolute atomic E-state index is 14.6. The van der Waals surface area contributed by atoms with E-state index in [1.807, 2.05) is 164 Å². The van der Waals surface area contributed by atoms with Crippen molar-refractivity contribution in [2.75, 3.05) is 7.05 Å². The number of aryl methyl sites for hydroxylation is 2. The number of rotatable bonds is 21. The first-order valence-electron chi connectivity index (χ1n) is 23.7. The van der Waals surface area contributed by atoms with Crippen LogP contribution in [0.2, 0.25) is 0 Å². The third-order valence-electron chi connectivity index (χ3n) is 12.7. The summed E-state index contributed by atoms with van der Waals surface area (Å²) in [5.74, 6) is -1.65. The Kier molecular flexibility index (Phi) is 15.8. The van der Waals surface area contributed by atoms with Gasteiger partial charge in [-0.2, -0.15) is 0 Å². The number of aromatic nitrogens is 2. The standard InChI is InChI=1S/C59H58N6O4/c1-60-56(67)53(40-45-34-36-46-24-17-18-25-47(46)38-45)64-57(68)52(63-58(69)54(39-44-22-9-3-10-23-44)62-55(66)37-35-43-20-7-2-8-21-43)33-19-32-51-41-65(42-61-51)59(48-26-11-4-12-27-48,49-28-13-5-14-29-49)50-30-15-6-16-31-50/h2-18,20-31,34,36,38,41-42,52-54H,19,32-33,35,37,39-40H2,1H3,(H,60,67)(H,62,66)(H,63,69)(H,64,68)/t52-,53-,54+/m0/s1. The number of carbonyl (C=O) groups excluding carboxylic acids is 4. The lowest BCUT2D eigenvalue weighted by molar-refractivity contribution is -0.133. The molecule has 1 heterocycles. The Morgan fingerprint density at radius 1 is 0.507 bits per heavy atom. The van der Waals surface area contributed by atoms with Gasteiger partial charge in [-0.05, 0) is 69.8 Å². The molecular formula is C59H58N6O4. The van der Waals surface area contributed by atoms with Crippen molar-refractivity contribution >= 4 is 34.4 Å². The predicted octanol–water partition coefficient (Wildman–Crippen LogP) is 8.52. The van der Waals surface area contributed by atoms with Gasteiger partial charge in [0.25, 0.3) is 0 Å². The van der Waals surface area contributed by atoms with Gasteiger partial charge in [0.15, 0.2) is 0 Å². The molecule has 0 radical (unpaired) electrons. The van der Waals surface area contributed by atoms with Crippen molar-refractivity contribution in [1.29, 1.82) is 0 Å². The van der Waals surface area contributed by atoms with Gasteiger partial charge in [-0.15, -0.1) is 0 Å². The van der Waals surface area contributed by atoms with Crippen molar-refractivity contribution in [3.05, 3.63) is 246 Å². The average Bonchev–Trinajstić information content (AvgIpc) is 3.87. The van der Waals surface area contributed by atoms with Crippen LogP contribution in [-0.4, -0.2) is 58.4 Å². The molecule has 0 spiro atoms. The molecule has 0 fully saturated rings. The van der Waals surface area contributed by atoms with E-state index in [0.717, 1.165) is 49.8 Å². The molecular weight excluding hydrogens is 857 g/mol. The molecule has 0 saturated heterocycles. The number of likely N-dealkylation sites (N-methyl/N-ethyl adjacent to an activating group) is 1. The highest BCUT2D eigenvalue weighted by molar-refractivity contribution is 5.94. The molecule has 10 heteroatoms. The summed E-state index contributed by atoms with van der Waals surface area (Å²) in [5, 5.41) is 13.8. The predicted molar refractivity (Wildman–Crippen MR) is 272 cm³/mol. The topological polar surface area (TPSA) is 134 Å². The molecule has 7 aromatic carbocycles. The molecule has 8 rings (SSSR count). The fourth-order valence-corrected chi connectivity index (χ4v) is 9.18. The number of fused-ring (bicyclic) bond motifs is 1. The average molecular weight is 915 g/mol. The van der Waals surface area contributed by atoms with E-state index in [2.05, 4.69) is 68.4 Å². The number of hydrogen-bond acceptors (Lipinski definition) is 5. The summed E-state index contributed by atoms with van der Waals surface area (Å²) in [6.45, 7) is 0. The third-order valence-corrected chi connectivity index (χ3v) is 12.7. The minimum Gasteiger partial charge on any atom is -0.357 e. The van der Waals surface area contributed by atoms with Crippen LogP contribution in [0.3, 0.4) is 0 Å². The van der Waals surface area contributed by atoms with Crippen LogP contribution in [0.15, 0.2) is 207 Å². The Morgan fingerprint density at radius 2 is 1.00 bits per heavy atom. The summed E-state index contributed by atoms with van der Waals surface area (Å²) in [7, 11) is 1.54. The molecule has 4 N–H and O–H groups in total. The van der Waals surface area contributed by atoms with Crippen LogP contribution in [0.5, 0.6) is 0 Å². The van der Waals surface area contributed by atoms with E-state index in [1.165, 1.54) is 7.05 Å². The molecule has 0 aliphatic rings.